The molecule has 1 heterocycles. The van der Waals surface area contributed by atoms with Crippen molar-refractivity contribution in [3.8, 4) is 0 Å². The van der Waals surface area contributed by atoms with Gasteiger partial charge in [0.05, 0.1) is 4.47 Å². The van der Waals surface area contributed by atoms with Gasteiger partial charge in [-0.05, 0) is 39.0 Å². The van der Waals surface area contributed by atoms with E-state index >= 15 is 0 Å². The van der Waals surface area contributed by atoms with Crippen molar-refractivity contribution in [2.24, 2.45) is 0 Å². The summed E-state index contributed by atoms with van der Waals surface area (Å²) in [5.74, 6) is 0.782. The number of fused-ring (bicyclic) bond motifs is 1. The minimum atomic E-state index is -0.0691. The number of hydrogen-bond acceptors (Lipinski definition) is 2. The molecule has 2 nitrogen and oxygen atoms in total. The van der Waals surface area contributed by atoms with Crippen molar-refractivity contribution in [3.63, 3.8) is 0 Å². The standard InChI is InChI=1S/C15H20BrNO/c1-14(2,3)9-7-10(16)12-11(8-9)17-13(18-12)15(4,5)6/h7-8H,1-6H3. The molecule has 0 bridgehead atoms. The van der Waals surface area contributed by atoms with Crippen LogP contribution in [0.5, 0.6) is 0 Å². The van der Waals surface area contributed by atoms with Gasteiger partial charge in [0.2, 0.25) is 5.89 Å². The Morgan fingerprint density at radius 2 is 1.61 bits per heavy atom. The summed E-state index contributed by atoms with van der Waals surface area (Å²) in [6, 6.07) is 4.25. The molecule has 0 atom stereocenters. The van der Waals surface area contributed by atoms with E-state index in [1.54, 1.807) is 0 Å². The molecule has 1 aromatic heterocycles. The summed E-state index contributed by atoms with van der Waals surface area (Å²) in [6.45, 7) is 12.9. The molecule has 0 aliphatic heterocycles. The maximum atomic E-state index is 5.87. The molecular weight excluding hydrogens is 290 g/mol. The third-order valence-corrected chi connectivity index (χ3v) is 3.54. The number of benzene rings is 1. The number of halogens is 1. The monoisotopic (exact) mass is 309 g/mol. The number of hydrogen-bond donors (Lipinski definition) is 0. The van der Waals surface area contributed by atoms with E-state index in [1.807, 2.05) is 0 Å². The van der Waals surface area contributed by atoms with Gasteiger partial charge in [0.1, 0.15) is 5.52 Å². The van der Waals surface area contributed by atoms with Crippen LogP contribution in [0.4, 0.5) is 0 Å². The van der Waals surface area contributed by atoms with Crippen molar-refractivity contribution in [1.82, 2.24) is 4.98 Å². The zero-order valence-corrected chi connectivity index (χ0v) is 13.5. The Kier molecular flexibility index (Phi) is 3.09. The molecule has 0 amide bonds. The molecule has 0 saturated carbocycles. The first-order chi connectivity index (χ1) is 8.09. The topological polar surface area (TPSA) is 26.0 Å². The van der Waals surface area contributed by atoms with Crippen molar-refractivity contribution < 1.29 is 4.42 Å². The fourth-order valence-corrected chi connectivity index (χ4v) is 2.28. The highest BCUT2D eigenvalue weighted by Crippen LogP contribution is 2.34. The maximum absolute atomic E-state index is 5.87. The highest BCUT2D eigenvalue weighted by atomic mass is 79.9. The quantitative estimate of drug-likeness (QED) is 0.669. The molecule has 0 radical (unpaired) electrons. The number of nitrogens with zero attached hydrogens (tertiary/aromatic N) is 1. The Labute approximate surface area is 117 Å². The molecule has 0 saturated heterocycles. The van der Waals surface area contributed by atoms with Crippen LogP contribution in [0.15, 0.2) is 21.0 Å². The van der Waals surface area contributed by atoms with Gasteiger partial charge in [-0.1, -0.05) is 41.5 Å². The maximum Gasteiger partial charge on any atom is 0.200 e. The summed E-state index contributed by atoms with van der Waals surface area (Å²) >= 11 is 3.59. The average Bonchev–Trinajstić information content (AvgIpc) is 2.59. The first kappa shape index (κ1) is 13.6. The van der Waals surface area contributed by atoms with E-state index in [-0.39, 0.29) is 10.8 Å². The Morgan fingerprint density at radius 3 is 2.11 bits per heavy atom. The highest BCUT2D eigenvalue weighted by Gasteiger charge is 2.23. The molecule has 18 heavy (non-hydrogen) atoms. The second-order valence-corrected chi connectivity index (χ2v) is 7.68. The highest BCUT2D eigenvalue weighted by molar-refractivity contribution is 9.10. The molecular formula is C15H20BrNO. The van der Waals surface area contributed by atoms with Crippen molar-refractivity contribution in [1.29, 1.82) is 0 Å². The fraction of sp³-hybridized carbons (Fsp3) is 0.533. The molecule has 1 aromatic carbocycles. The van der Waals surface area contributed by atoms with E-state index < -0.39 is 0 Å². The summed E-state index contributed by atoms with van der Waals surface area (Å²) in [6.07, 6.45) is 0. The van der Waals surface area contributed by atoms with Crippen LogP contribution in [0.2, 0.25) is 0 Å². The zero-order chi connectivity index (χ0) is 13.7. The van der Waals surface area contributed by atoms with Gasteiger partial charge in [-0.3, -0.25) is 0 Å². The molecule has 0 fully saturated rings. The van der Waals surface area contributed by atoms with E-state index in [1.165, 1.54) is 5.56 Å². The van der Waals surface area contributed by atoms with Crippen LogP contribution >= 0.6 is 15.9 Å². The van der Waals surface area contributed by atoms with Crippen LogP contribution < -0.4 is 0 Å². The molecule has 2 rings (SSSR count). The number of aromatic nitrogens is 1. The largest absolute Gasteiger partial charge is 0.439 e. The third kappa shape index (κ3) is 2.46. The summed E-state index contributed by atoms with van der Waals surface area (Å²) < 4.78 is 6.85. The van der Waals surface area contributed by atoms with Gasteiger partial charge in [0.25, 0.3) is 0 Å². The van der Waals surface area contributed by atoms with Crippen LogP contribution in [0.1, 0.15) is 53.0 Å². The van der Waals surface area contributed by atoms with Gasteiger partial charge in [0.15, 0.2) is 5.58 Å². The van der Waals surface area contributed by atoms with E-state index in [0.29, 0.717) is 0 Å². The molecule has 98 valence electrons. The number of rotatable bonds is 0. The van der Waals surface area contributed by atoms with E-state index in [0.717, 1.165) is 21.5 Å². The van der Waals surface area contributed by atoms with Crippen molar-refractivity contribution >= 4 is 27.0 Å². The smallest absolute Gasteiger partial charge is 0.200 e. The van der Waals surface area contributed by atoms with Crippen LogP contribution in [0.3, 0.4) is 0 Å². The lowest BCUT2D eigenvalue weighted by Gasteiger charge is -2.18. The molecule has 0 spiro atoms. The lowest BCUT2D eigenvalue weighted by atomic mass is 9.87. The van der Waals surface area contributed by atoms with Gasteiger partial charge >= 0.3 is 0 Å². The van der Waals surface area contributed by atoms with Gasteiger partial charge in [0, 0.05) is 5.41 Å². The predicted molar refractivity (Wildman–Crippen MR) is 79.1 cm³/mol. The van der Waals surface area contributed by atoms with Crippen molar-refractivity contribution in [3.05, 3.63) is 28.1 Å². The summed E-state index contributed by atoms with van der Waals surface area (Å²) in [5, 5.41) is 0. The van der Waals surface area contributed by atoms with Crippen LogP contribution in [-0.4, -0.2) is 4.98 Å². The Hall–Kier alpha value is -0.830. The Bertz CT molecular complexity index is 585. The molecule has 0 unspecified atom stereocenters. The zero-order valence-electron chi connectivity index (χ0n) is 11.9. The minimum Gasteiger partial charge on any atom is -0.439 e. The van der Waals surface area contributed by atoms with Crippen LogP contribution in [0.25, 0.3) is 11.1 Å². The lowest BCUT2D eigenvalue weighted by molar-refractivity contribution is 0.410. The third-order valence-electron chi connectivity index (χ3n) is 2.95. The average molecular weight is 310 g/mol. The lowest BCUT2D eigenvalue weighted by Crippen LogP contribution is -2.11. The van der Waals surface area contributed by atoms with Crippen molar-refractivity contribution in [2.75, 3.05) is 0 Å². The summed E-state index contributed by atoms with van der Waals surface area (Å²) in [4.78, 5) is 4.62. The molecule has 3 heteroatoms. The van der Waals surface area contributed by atoms with Gasteiger partial charge < -0.3 is 4.42 Å². The van der Waals surface area contributed by atoms with Gasteiger partial charge in [-0.2, -0.15) is 0 Å². The molecule has 2 aromatic rings. The summed E-state index contributed by atoms with van der Waals surface area (Å²) in [5.41, 5.74) is 3.07. The van der Waals surface area contributed by atoms with E-state index in [9.17, 15) is 0 Å². The molecule has 0 aliphatic carbocycles. The fourth-order valence-electron chi connectivity index (χ4n) is 1.75. The van der Waals surface area contributed by atoms with E-state index in [4.69, 9.17) is 4.42 Å². The van der Waals surface area contributed by atoms with Crippen LogP contribution in [-0.2, 0) is 10.8 Å². The normalized spacial score (nSPS) is 13.3. The first-order valence-corrected chi connectivity index (χ1v) is 6.99. The Balaban J connectivity index is 2.67. The number of oxazole rings is 1. The second kappa shape index (κ2) is 4.09. The SMILES string of the molecule is CC(C)(C)c1cc(Br)c2oc(C(C)(C)C)nc2c1. The first-order valence-electron chi connectivity index (χ1n) is 6.20. The van der Waals surface area contributed by atoms with Crippen LogP contribution in [0, 0.1) is 0 Å². The molecule has 0 aliphatic rings. The second-order valence-electron chi connectivity index (χ2n) is 6.83. The summed E-state index contributed by atoms with van der Waals surface area (Å²) in [7, 11) is 0. The van der Waals surface area contributed by atoms with Gasteiger partial charge in [-0.15, -0.1) is 0 Å². The van der Waals surface area contributed by atoms with E-state index in [2.05, 4.69) is 74.6 Å². The Morgan fingerprint density at radius 1 is 1.00 bits per heavy atom. The molecule has 0 N–H and O–H groups in total. The minimum absolute atomic E-state index is 0.0691. The van der Waals surface area contributed by atoms with Gasteiger partial charge in [-0.25, -0.2) is 4.98 Å². The predicted octanol–water partition coefficient (Wildman–Crippen LogP) is 5.19. The van der Waals surface area contributed by atoms with Crippen molar-refractivity contribution in [2.45, 2.75) is 52.4 Å².